The van der Waals surface area contributed by atoms with Gasteiger partial charge in [-0.25, -0.2) is 9.69 Å². The van der Waals surface area contributed by atoms with Crippen molar-refractivity contribution >= 4 is 52.4 Å². The van der Waals surface area contributed by atoms with E-state index in [0.717, 1.165) is 5.69 Å². The minimum absolute atomic E-state index is 0.144. The molecule has 2 heterocycles. The summed E-state index contributed by atoms with van der Waals surface area (Å²) in [6, 6.07) is 11.4. The maximum Gasteiger partial charge on any atom is 0.338 e. The number of carbonyl (C=O) groups excluding carboxylic acids is 3. The van der Waals surface area contributed by atoms with Gasteiger partial charge in [-0.1, -0.05) is 23.2 Å². The van der Waals surface area contributed by atoms with E-state index in [9.17, 15) is 14.4 Å². The van der Waals surface area contributed by atoms with Gasteiger partial charge in [0, 0.05) is 31.9 Å². The highest BCUT2D eigenvalue weighted by Crippen LogP contribution is 2.30. The lowest BCUT2D eigenvalue weighted by Gasteiger charge is -2.38. The SMILES string of the molecule is CCOC(=O)c1ccc(N2C(=O)C[C@@H](N3CCN(c4ccc(Cl)c(Cl)c4)CC3)C2=O)cc1. The Morgan fingerprint density at radius 2 is 1.62 bits per heavy atom. The minimum Gasteiger partial charge on any atom is -0.462 e. The third-order valence-electron chi connectivity index (χ3n) is 5.78. The van der Waals surface area contributed by atoms with E-state index in [1.54, 1.807) is 37.3 Å². The van der Waals surface area contributed by atoms with Crippen molar-refractivity contribution in [2.24, 2.45) is 0 Å². The third kappa shape index (κ3) is 4.46. The summed E-state index contributed by atoms with van der Waals surface area (Å²) in [4.78, 5) is 43.1. The molecule has 2 aromatic rings. The highest BCUT2D eigenvalue weighted by atomic mass is 35.5. The van der Waals surface area contributed by atoms with Gasteiger partial charge in [0.25, 0.3) is 5.91 Å². The molecule has 2 amide bonds. The second-order valence-electron chi connectivity index (χ2n) is 7.68. The van der Waals surface area contributed by atoms with Crippen LogP contribution in [0, 0.1) is 0 Å². The van der Waals surface area contributed by atoms with Gasteiger partial charge in [0.05, 0.1) is 40.4 Å². The summed E-state index contributed by atoms with van der Waals surface area (Å²) in [6.45, 7) is 4.75. The Balaban J connectivity index is 1.41. The quantitative estimate of drug-likeness (QED) is 0.485. The summed E-state index contributed by atoms with van der Waals surface area (Å²) in [6.07, 6.45) is 0.144. The van der Waals surface area contributed by atoms with Crippen LogP contribution in [0.15, 0.2) is 42.5 Å². The molecule has 2 aliphatic rings. The molecule has 2 aromatic carbocycles. The highest BCUT2D eigenvalue weighted by molar-refractivity contribution is 6.42. The van der Waals surface area contributed by atoms with E-state index in [-0.39, 0.29) is 24.8 Å². The smallest absolute Gasteiger partial charge is 0.338 e. The molecule has 2 fully saturated rings. The summed E-state index contributed by atoms with van der Waals surface area (Å²) in [5.41, 5.74) is 1.82. The normalized spacial score (nSPS) is 19.5. The van der Waals surface area contributed by atoms with Crippen LogP contribution in [0.4, 0.5) is 11.4 Å². The fourth-order valence-electron chi connectivity index (χ4n) is 4.11. The lowest BCUT2D eigenvalue weighted by Crippen LogP contribution is -2.52. The predicted molar refractivity (Wildman–Crippen MR) is 124 cm³/mol. The molecule has 2 aliphatic heterocycles. The monoisotopic (exact) mass is 475 g/mol. The zero-order valence-electron chi connectivity index (χ0n) is 17.6. The van der Waals surface area contributed by atoms with Crippen LogP contribution >= 0.6 is 23.2 Å². The number of halogens is 2. The van der Waals surface area contributed by atoms with Crippen molar-refractivity contribution in [1.29, 1.82) is 0 Å². The van der Waals surface area contributed by atoms with Gasteiger partial charge in [-0.15, -0.1) is 0 Å². The van der Waals surface area contributed by atoms with Crippen molar-refractivity contribution < 1.29 is 19.1 Å². The first-order valence-electron chi connectivity index (χ1n) is 10.5. The van der Waals surface area contributed by atoms with Gasteiger partial charge < -0.3 is 9.64 Å². The number of imide groups is 1. The van der Waals surface area contributed by atoms with Crippen molar-refractivity contribution in [3.05, 3.63) is 58.1 Å². The molecule has 168 valence electrons. The van der Waals surface area contributed by atoms with Crippen molar-refractivity contribution in [2.45, 2.75) is 19.4 Å². The average Bonchev–Trinajstić information content (AvgIpc) is 3.10. The van der Waals surface area contributed by atoms with E-state index >= 15 is 0 Å². The maximum absolute atomic E-state index is 13.1. The molecule has 0 unspecified atom stereocenters. The fraction of sp³-hybridized carbons (Fsp3) is 0.348. The largest absolute Gasteiger partial charge is 0.462 e. The molecule has 9 heteroatoms. The van der Waals surface area contributed by atoms with Crippen LogP contribution in [0.25, 0.3) is 0 Å². The molecule has 7 nitrogen and oxygen atoms in total. The number of rotatable bonds is 5. The first-order valence-corrected chi connectivity index (χ1v) is 11.2. The summed E-state index contributed by atoms with van der Waals surface area (Å²) >= 11 is 12.1. The molecule has 0 spiro atoms. The molecule has 32 heavy (non-hydrogen) atoms. The number of nitrogens with zero attached hydrogens (tertiary/aromatic N) is 3. The first-order chi connectivity index (χ1) is 15.4. The summed E-state index contributed by atoms with van der Waals surface area (Å²) in [5, 5.41) is 1.02. The molecular weight excluding hydrogens is 453 g/mol. The number of carbonyl (C=O) groups is 3. The Bertz CT molecular complexity index is 1040. The van der Waals surface area contributed by atoms with Gasteiger partial charge in [-0.05, 0) is 49.4 Å². The number of hydrogen-bond donors (Lipinski definition) is 0. The third-order valence-corrected chi connectivity index (χ3v) is 6.52. The number of ether oxygens (including phenoxy) is 1. The van der Waals surface area contributed by atoms with E-state index in [2.05, 4.69) is 9.80 Å². The Labute approximate surface area is 196 Å². The second-order valence-corrected chi connectivity index (χ2v) is 8.49. The van der Waals surface area contributed by atoms with Crippen molar-refractivity contribution in [1.82, 2.24) is 4.90 Å². The molecule has 1 atom stereocenters. The van der Waals surface area contributed by atoms with Gasteiger partial charge in [0.2, 0.25) is 5.91 Å². The highest BCUT2D eigenvalue weighted by Gasteiger charge is 2.43. The fourth-order valence-corrected chi connectivity index (χ4v) is 4.40. The van der Waals surface area contributed by atoms with Crippen LogP contribution in [0.2, 0.25) is 10.0 Å². The van der Waals surface area contributed by atoms with Crippen LogP contribution in [0.1, 0.15) is 23.7 Å². The van der Waals surface area contributed by atoms with Gasteiger partial charge in [0.1, 0.15) is 0 Å². The zero-order chi connectivity index (χ0) is 22.8. The van der Waals surface area contributed by atoms with Crippen LogP contribution in [-0.2, 0) is 14.3 Å². The van der Waals surface area contributed by atoms with E-state index in [4.69, 9.17) is 27.9 Å². The number of amides is 2. The van der Waals surface area contributed by atoms with Crippen LogP contribution in [0.5, 0.6) is 0 Å². The Morgan fingerprint density at radius 1 is 0.969 bits per heavy atom. The maximum atomic E-state index is 13.1. The molecule has 2 saturated heterocycles. The summed E-state index contributed by atoms with van der Waals surface area (Å²) < 4.78 is 4.97. The Kier molecular flexibility index (Phi) is 6.69. The van der Waals surface area contributed by atoms with Gasteiger partial charge in [-0.2, -0.15) is 0 Å². The molecule has 0 saturated carbocycles. The number of esters is 1. The number of benzene rings is 2. The Morgan fingerprint density at radius 3 is 2.25 bits per heavy atom. The summed E-state index contributed by atoms with van der Waals surface area (Å²) in [7, 11) is 0. The molecule has 0 bridgehead atoms. The molecular formula is C23H23Cl2N3O4. The molecule has 0 N–H and O–H groups in total. The van der Waals surface area contributed by atoms with Crippen LogP contribution in [0.3, 0.4) is 0 Å². The van der Waals surface area contributed by atoms with E-state index < -0.39 is 12.0 Å². The number of anilines is 2. The second kappa shape index (κ2) is 9.48. The van der Waals surface area contributed by atoms with Gasteiger partial charge in [0.15, 0.2) is 0 Å². The van der Waals surface area contributed by atoms with E-state index in [1.807, 2.05) is 12.1 Å². The Hall–Kier alpha value is -2.61. The summed E-state index contributed by atoms with van der Waals surface area (Å²) in [5.74, 6) is -0.909. The van der Waals surface area contributed by atoms with Crippen molar-refractivity contribution in [3.63, 3.8) is 0 Å². The molecule has 4 rings (SSSR count). The van der Waals surface area contributed by atoms with Gasteiger partial charge in [-0.3, -0.25) is 14.5 Å². The average molecular weight is 476 g/mol. The van der Waals surface area contributed by atoms with Gasteiger partial charge >= 0.3 is 5.97 Å². The zero-order valence-corrected chi connectivity index (χ0v) is 19.1. The van der Waals surface area contributed by atoms with Crippen molar-refractivity contribution in [2.75, 3.05) is 42.6 Å². The molecule has 0 radical (unpaired) electrons. The van der Waals surface area contributed by atoms with Crippen LogP contribution in [-0.4, -0.2) is 61.5 Å². The number of piperazine rings is 1. The lowest BCUT2D eigenvalue weighted by atomic mass is 10.1. The van der Waals surface area contributed by atoms with Crippen molar-refractivity contribution in [3.8, 4) is 0 Å². The predicted octanol–water partition coefficient (Wildman–Crippen LogP) is 3.62. The standard InChI is InChI=1S/C23H23Cl2N3O4/c1-2-32-23(31)15-3-5-16(6-4-15)28-21(29)14-20(22(28)30)27-11-9-26(10-12-27)17-7-8-18(24)19(25)13-17/h3-8,13,20H,2,9-12,14H2,1H3/t20-/m1/s1. The lowest BCUT2D eigenvalue weighted by molar-refractivity contribution is -0.123. The molecule has 0 aromatic heterocycles. The molecule has 0 aliphatic carbocycles. The van der Waals surface area contributed by atoms with E-state index in [1.165, 1.54) is 4.90 Å². The van der Waals surface area contributed by atoms with E-state index in [0.29, 0.717) is 47.5 Å². The minimum atomic E-state index is -0.483. The first kappa shape index (κ1) is 22.6. The van der Waals surface area contributed by atoms with Crippen LogP contribution < -0.4 is 9.80 Å². The topological polar surface area (TPSA) is 70.2 Å². The number of hydrogen-bond acceptors (Lipinski definition) is 6.